The smallest absolute Gasteiger partial charge is 0.335 e. The van der Waals surface area contributed by atoms with Gasteiger partial charge in [-0.1, -0.05) is 42.5 Å². The lowest BCUT2D eigenvalue weighted by Gasteiger charge is -2.24. The van der Waals surface area contributed by atoms with Gasteiger partial charge in [0.05, 0.1) is 28.8 Å². The zero-order chi connectivity index (χ0) is 21.3. The van der Waals surface area contributed by atoms with Crippen molar-refractivity contribution < 1.29 is 24.6 Å². The first-order chi connectivity index (χ1) is 14.4. The molecule has 4 N–H and O–H groups in total. The number of anilines is 2. The molecule has 154 valence electrons. The Balaban J connectivity index is 1.57. The van der Waals surface area contributed by atoms with E-state index in [-0.39, 0.29) is 17.4 Å². The number of carboxylic acids is 2. The molecule has 0 unspecified atom stereocenters. The predicted molar refractivity (Wildman–Crippen MR) is 111 cm³/mol. The Morgan fingerprint density at radius 3 is 2.27 bits per heavy atom. The molecule has 7 nitrogen and oxygen atoms in total. The number of fused-ring (bicyclic) bond motifs is 2. The summed E-state index contributed by atoms with van der Waals surface area (Å²) in [5.41, 5.74) is 1.97. The second kappa shape index (κ2) is 8.02. The highest BCUT2D eigenvalue weighted by Gasteiger charge is 2.51. The van der Waals surface area contributed by atoms with Crippen LogP contribution in [-0.4, -0.2) is 28.1 Å². The molecule has 1 saturated carbocycles. The number of carbonyl (C=O) groups excluding carboxylic acids is 1. The van der Waals surface area contributed by atoms with Gasteiger partial charge in [0.1, 0.15) is 0 Å². The molecule has 0 saturated heterocycles. The van der Waals surface area contributed by atoms with Gasteiger partial charge in [-0.15, -0.1) is 0 Å². The average Bonchev–Trinajstić information content (AvgIpc) is 3.35. The fourth-order valence-corrected chi connectivity index (χ4v) is 4.46. The molecule has 1 fully saturated rings. The van der Waals surface area contributed by atoms with E-state index in [1.165, 1.54) is 12.1 Å². The lowest BCUT2D eigenvalue weighted by atomic mass is 9.82. The highest BCUT2D eigenvalue weighted by molar-refractivity contribution is 6.00. The van der Waals surface area contributed by atoms with E-state index in [0.717, 1.165) is 5.56 Å². The third-order valence-electron chi connectivity index (χ3n) is 5.90. The number of aromatic carboxylic acids is 1. The third kappa shape index (κ3) is 3.78. The number of benzene rings is 2. The maximum atomic E-state index is 13.0. The van der Waals surface area contributed by atoms with Gasteiger partial charge in [0.15, 0.2) is 0 Å². The minimum atomic E-state index is -1.11. The number of allylic oxidation sites excluding steroid dienone is 2. The van der Waals surface area contributed by atoms with Gasteiger partial charge in [0, 0.05) is 6.54 Å². The molecule has 4 atom stereocenters. The summed E-state index contributed by atoms with van der Waals surface area (Å²) in [6.45, 7) is 0.491. The van der Waals surface area contributed by atoms with Crippen LogP contribution in [0.5, 0.6) is 0 Å². The van der Waals surface area contributed by atoms with Crippen LogP contribution in [0.3, 0.4) is 0 Å². The Kier molecular flexibility index (Phi) is 5.27. The van der Waals surface area contributed by atoms with Gasteiger partial charge in [-0.25, -0.2) is 4.79 Å². The molecule has 0 aliphatic heterocycles. The number of nitrogens with one attached hydrogen (secondary N) is 2. The number of amides is 1. The van der Waals surface area contributed by atoms with Crippen LogP contribution in [0.4, 0.5) is 11.4 Å². The molecule has 1 amide bonds. The van der Waals surface area contributed by atoms with E-state index in [0.29, 0.717) is 24.3 Å². The van der Waals surface area contributed by atoms with E-state index in [9.17, 15) is 24.6 Å². The normalized spacial score (nSPS) is 23.9. The van der Waals surface area contributed by atoms with Gasteiger partial charge >= 0.3 is 11.9 Å². The van der Waals surface area contributed by atoms with E-state index in [2.05, 4.69) is 10.6 Å². The van der Waals surface area contributed by atoms with Crippen molar-refractivity contribution in [3.63, 3.8) is 0 Å². The van der Waals surface area contributed by atoms with Crippen molar-refractivity contribution >= 4 is 29.2 Å². The zero-order valence-electron chi connectivity index (χ0n) is 16.1. The van der Waals surface area contributed by atoms with Crippen LogP contribution in [0.1, 0.15) is 22.3 Å². The van der Waals surface area contributed by atoms with E-state index in [4.69, 9.17) is 0 Å². The van der Waals surface area contributed by atoms with Crippen molar-refractivity contribution in [2.24, 2.45) is 23.7 Å². The maximum absolute atomic E-state index is 13.0. The van der Waals surface area contributed by atoms with Crippen molar-refractivity contribution in [2.45, 2.75) is 13.0 Å². The van der Waals surface area contributed by atoms with Gasteiger partial charge in [0.25, 0.3) is 0 Å². The number of aliphatic carboxylic acids is 1. The third-order valence-corrected chi connectivity index (χ3v) is 5.90. The van der Waals surface area contributed by atoms with Crippen LogP contribution >= 0.6 is 0 Å². The molecule has 2 aliphatic carbocycles. The summed E-state index contributed by atoms with van der Waals surface area (Å²) in [7, 11) is 0. The molecule has 0 spiro atoms. The van der Waals surface area contributed by atoms with Crippen LogP contribution < -0.4 is 10.6 Å². The zero-order valence-corrected chi connectivity index (χ0v) is 16.1. The summed E-state index contributed by atoms with van der Waals surface area (Å²) >= 11 is 0. The second-order valence-corrected chi connectivity index (χ2v) is 7.73. The van der Waals surface area contributed by atoms with Crippen LogP contribution in [0.2, 0.25) is 0 Å². The number of hydrogen-bond acceptors (Lipinski definition) is 4. The Morgan fingerprint density at radius 1 is 0.900 bits per heavy atom. The molecule has 7 heteroatoms. The average molecular weight is 406 g/mol. The van der Waals surface area contributed by atoms with E-state index in [1.54, 1.807) is 6.07 Å². The topological polar surface area (TPSA) is 116 Å². The minimum absolute atomic E-state index is 0.0400. The first-order valence-electron chi connectivity index (χ1n) is 9.81. The van der Waals surface area contributed by atoms with Crippen molar-refractivity contribution in [3.05, 3.63) is 71.8 Å². The van der Waals surface area contributed by atoms with Gasteiger partial charge in [-0.2, -0.15) is 0 Å². The first-order valence-corrected chi connectivity index (χ1v) is 9.81. The van der Waals surface area contributed by atoms with E-state index in [1.807, 2.05) is 42.5 Å². The molecule has 30 heavy (non-hydrogen) atoms. The molecule has 0 heterocycles. The predicted octanol–water partition coefficient (Wildman–Crippen LogP) is 3.46. The molecule has 2 bridgehead atoms. The molecular formula is C23H22N2O5. The van der Waals surface area contributed by atoms with Crippen LogP contribution in [0, 0.1) is 23.7 Å². The lowest BCUT2D eigenvalue weighted by Crippen LogP contribution is -2.36. The highest BCUT2D eigenvalue weighted by atomic mass is 16.4. The molecule has 2 aromatic rings. The standard InChI is InChI=1S/C23H22N2O5/c26-21(19-14-6-7-15(10-14)20(19)23(29)30)25-18-11-16(22(27)28)8-9-17(18)24-12-13-4-2-1-3-5-13/h1-9,11,14-15,19-20,24H,10,12H2,(H,25,26)(H,27,28)(H,29,30)/t14-,15+,19+,20+/m0/s1. The quantitative estimate of drug-likeness (QED) is 0.524. The molecule has 4 rings (SSSR count). The second-order valence-electron chi connectivity index (χ2n) is 7.73. The number of hydrogen-bond donors (Lipinski definition) is 4. The SMILES string of the molecule is O=C(O)c1ccc(NCc2ccccc2)c(NC(=O)[C@H]2[C@H](C(=O)O)[C@@H]3C=C[C@H]2C3)c1. The van der Waals surface area contributed by atoms with Crippen molar-refractivity contribution in [3.8, 4) is 0 Å². The van der Waals surface area contributed by atoms with Crippen molar-refractivity contribution in [2.75, 3.05) is 10.6 Å². The largest absolute Gasteiger partial charge is 0.481 e. The number of carbonyl (C=O) groups is 3. The maximum Gasteiger partial charge on any atom is 0.335 e. The van der Waals surface area contributed by atoms with Crippen molar-refractivity contribution in [1.29, 1.82) is 0 Å². The van der Waals surface area contributed by atoms with E-state index < -0.39 is 29.7 Å². The minimum Gasteiger partial charge on any atom is -0.481 e. The van der Waals surface area contributed by atoms with Crippen LogP contribution in [0.15, 0.2) is 60.7 Å². The Labute approximate surface area is 173 Å². The summed E-state index contributed by atoms with van der Waals surface area (Å²) in [6.07, 6.45) is 4.45. The first kappa shape index (κ1) is 19.7. The van der Waals surface area contributed by atoms with E-state index >= 15 is 0 Å². The molecule has 0 aromatic heterocycles. The number of carboxylic acid groups (broad SMARTS) is 2. The Bertz CT molecular complexity index is 1020. The Morgan fingerprint density at radius 2 is 1.60 bits per heavy atom. The molecule has 0 radical (unpaired) electrons. The van der Waals surface area contributed by atoms with Gasteiger partial charge in [0.2, 0.25) is 5.91 Å². The van der Waals surface area contributed by atoms with Crippen molar-refractivity contribution in [1.82, 2.24) is 0 Å². The summed E-state index contributed by atoms with van der Waals surface area (Å²) in [5, 5.41) is 24.9. The van der Waals surface area contributed by atoms with Gasteiger partial charge in [-0.3, -0.25) is 9.59 Å². The molecular weight excluding hydrogens is 384 g/mol. The Hall–Kier alpha value is -3.61. The van der Waals surface area contributed by atoms with Gasteiger partial charge < -0.3 is 20.8 Å². The van der Waals surface area contributed by atoms with Crippen LogP contribution in [0.25, 0.3) is 0 Å². The molecule has 2 aromatic carbocycles. The van der Waals surface area contributed by atoms with Gasteiger partial charge in [-0.05, 0) is 42.0 Å². The summed E-state index contributed by atoms with van der Waals surface area (Å²) < 4.78 is 0. The number of rotatable bonds is 7. The summed E-state index contributed by atoms with van der Waals surface area (Å²) in [4.78, 5) is 36.2. The lowest BCUT2D eigenvalue weighted by molar-refractivity contribution is -0.146. The summed E-state index contributed by atoms with van der Waals surface area (Å²) in [6, 6.07) is 14.1. The van der Waals surface area contributed by atoms with Crippen LogP contribution in [-0.2, 0) is 16.1 Å². The fraction of sp³-hybridized carbons (Fsp3) is 0.261. The summed E-state index contributed by atoms with van der Waals surface area (Å²) in [5.74, 6) is -4.16. The monoisotopic (exact) mass is 406 g/mol. The molecule has 2 aliphatic rings. The fourth-order valence-electron chi connectivity index (χ4n) is 4.46. The highest BCUT2D eigenvalue weighted by Crippen LogP contribution is 2.48.